The number of allylic oxidation sites excluding steroid dienone is 1. The Morgan fingerprint density at radius 3 is 2.62 bits per heavy atom. The van der Waals surface area contributed by atoms with E-state index in [0.717, 1.165) is 5.56 Å². The van der Waals surface area contributed by atoms with E-state index in [1.54, 1.807) is 61.0 Å². The van der Waals surface area contributed by atoms with Crippen LogP contribution < -0.4 is 15.4 Å². The zero-order valence-electron chi connectivity index (χ0n) is 18.7. The van der Waals surface area contributed by atoms with Crippen LogP contribution >= 0.6 is 11.6 Å². The van der Waals surface area contributed by atoms with Gasteiger partial charge in [-0.05, 0) is 55.8 Å². The fourth-order valence-corrected chi connectivity index (χ4v) is 3.57. The summed E-state index contributed by atoms with van der Waals surface area (Å²) in [7, 11) is 0. The number of carbonyl (C=O) groups is 2. The number of nitrogens with one attached hydrogen (secondary N) is 2. The lowest BCUT2D eigenvalue weighted by molar-refractivity contribution is -0.113. The molecular formula is C26H23ClN4O3. The quantitative estimate of drug-likeness (QED) is 0.498. The maximum absolute atomic E-state index is 12.8. The second kappa shape index (κ2) is 10.3. The summed E-state index contributed by atoms with van der Waals surface area (Å²) in [4.78, 5) is 33.6. The predicted molar refractivity (Wildman–Crippen MR) is 133 cm³/mol. The van der Waals surface area contributed by atoms with Crippen LogP contribution in [-0.2, 0) is 11.3 Å². The average molecular weight is 475 g/mol. The Hall–Kier alpha value is -3.97. The zero-order chi connectivity index (χ0) is 24.1. The highest BCUT2D eigenvalue weighted by Crippen LogP contribution is 2.28. The molecule has 2 N–H and O–H groups in total. The van der Waals surface area contributed by atoms with Gasteiger partial charge in [0.15, 0.2) is 0 Å². The van der Waals surface area contributed by atoms with Gasteiger partial charge in [-0.2, -0.15) is 0 Å². The lowest BCUT2D eigenvalue weighted by atomic mass is 10.1. The predicted octanol–water partition coefficient (Wildman–Crippen LogP) is 5.10. The summed E-state index contributed by atoms with van der Waals surface area (Å²) in [6.07, 6.45) is 4.85. The molecular weight excluding hydrogens is 452 g/mol. The van der Waals surface area contributed by atoms with Gasteiger partial charge in [0.2, 0.25) is 0 Å². The molecule has 4 rings (SSSR count). The first-order chi connectivity index (χ1) is 16.4. The Morgan fingerprint density at radius 1 is 1.09 bits per heavy atom. The van der Waals surface area contributed by atoms with Crippen LogP contribution in [0.25, 0.3) is 0 Å². The van der Waals surface area contributed by atoms with Crippen molar-refractivity contribution in [3.8, 4) is 11.5 Å². The number of hydrogen-bond acceptors (Lipinski definition) is 5. The molecule has 0 saturated heterocycles. The molecule has 8 heteroatoms. The first-order valence-electron chi connectivity index (χ1n) is 10.7. The fraction of sp³-hybridized carbons (Fsp3) is 0.154. The first kappa shape index (κ1) is 23.2. The Balaban J connectivity index is 1.43. The number of amides is 2. The van der Waals surface area contributed by atoms with Crippen LogP contribution in [-0.4, -0.2) is 29.1 Å². The molecule has 3 aromatic rings. The summed E-state index contributed by atoms with van der Waals surface area (Å²) >= 11 is 5.91. The van der Waals surface area contributed by atoms with Crippen molar-refractivity contribution < 1.29 is 14.3 Å². The monoisotopic (exact) mass is 474 g/mol. The SMILES string of the molecule is Cc1c(Oc2ccnc(NC(=O)C3=CC=NC3C)c2)cccc1C(=O)NCc1ccc(Cl)cc1. The van der Waals surface area contributed by atoms with Gasteiger partial charge < -0.3 is 15.4 Å². The van der Waals surface area contributed by atoms with Gasteiger partial charge in [0, 0.05) is 46.7 Å². The minimum absolute atomic E-state index is 0.185. The van der Waals surface area contributed by atoms with Gasteiger partial charge in [-0.25, -0.2) is 4.98 Å². The molecule has 0 saturated carbocycles. The van der Waals surface area contributed by atoms with Crippen molar-refractivity contribution in [2.75, 3.05) is 5.32 Å². The third-order valence-corrected chi connectivity index (χ3v) is 5.62. The van der Waals surface area contributed by atoms with Crippen LogP contribution in [0.3, 0.4) is 0 Å². The number of pyridine rings is 1. The number of benzene rings is 2. The highest BCUT2D eigenvalue weighted by molar-refractivity contribution is 6.30. The van der Waals surface area contributed by atoms with E-state index in [1.165, 1.54) is 0 Å². The average Bonchev–Trinajstić information content (AvgIpc) is 3.26. The largest absolute Gasteiger partial charge is 0.457 e. The molecule has 1 aromatic heterocycles. The maximum atomic E-state index is 12.8. The number of rotatable bonds is 7. The summed E-state index contributed by atoms with van der Waals surface area (Å²) in [5.41, 5.74) is 2.72. The number of aliphatic imine (C=N–C) groups is 1. The molecule has 172 valence electrons. The van der Waals surface area contributed by atoms with Gasteiger partial charge in [0.25, 0.3) is 11.8 Å². The van der Waals surface area contributed by atoms with Crippen molar-refractivity contribution in [2.45, 2.75) is 26.4 Å². The van der Waals surface area contributed by atoms with E-state index >= 15 is 0 Å². The van der Waals surface area contributed by atoms with Gasteiger partial charge >= 0.3 is 0 Å². The number of anilines is 1. The van der Waals surface area contributed by atoms with Gasteiger partial charge in [-0.15, -0.1) is 0 Å². The third-order valence-electron chi connectivity index (χ3n) is 5.37. The van der Waals surface area contributed by atoms with Crippen molar-refractivity contribution in [2.24, 2.45) is 4.99 Å². The van der Waals surface area contributed by atoms with Crippen molar-refractivity contribution in [3.05, 3.63) is 94.2 Å². The number of halogens is 1. The molecule has 0 radical (unpaired) electrons. The molecule has 0 spiro atoms. The number of nitrogens with zero attached hydrogens (tertiary/aromatic N) is 2. The maximum Gasteiger partial charge on any atom is 0.254 e. The molecule has 0 bridgehead atoms. The summed E-state index contributed by atoms with van der Waals surface area (Å²) in [5.74, 6) is 0.906. The highest BCUT2D eigenvalue weighted by atomic mass is 35.5. The van der Waals surface area contributed by atoms with E-state index in [0.29, 0.717) is 45.6 Å². The summed E-state index contributed by atoms with van der Waals surface area (Å²) < 4.78 is 6.02. The molecule has 0 aliphatic carbocycles. The van der Waals surface area contributed by atoms with Crippen LogP contribution in [0.4, 0.5) is 5.82 Å². The zero-order valence-corrected chi connectivity index (χ0v) is 19.5. The smallest absolute Gasteiger partial charge is 0.254 e. The fourth-order valence-electron chi connectivity index (χ4n) is 3.45. The van der Waals surface area contributed by atoms with E-state index in [4.69, 9.17) is 16.3 Å². The number of carbonyl (C=O) groups excluding carboxylic acids is 2. The van der Waals surface area contributed by atoms with Gasteiger partial charge in [-0.1, -0.05) is 29.8 Å². The van der Waals surface area contributed by atoms with Gasteiger partial charge in [0.1, 0.15) is 17.3 Å². The third kappa shape index (κ3) is 5.50. The number of hydrogen-bond donors (Lipinski definition) is 2. The summed E-state index contributed by atoms with van der Waals surface area (Å²) in [6, 6.07) is 15.7. The standard InChI is InChI=1S/C26H23ClN4O3/c1-16-21(25(32)30-15-18-6-8-19(27)9-7-18)4-3-5-23(16)34-20-10-12-29-24(14-20)31-26(33)22-11-13-28-17(22)2/h3-14,17H,15H2,1-2H3,(H,30,32)(H,29,31,33). The molecule has 1 aliphatic rings. The van der Waals surface area contributed by atoms with E-state index < -0.39 is 0 Å². The van der Waals surface area contributed by atoms with Crippen LogP contribution in [0.2, 0.25) is 5.02 Å². The normalized spacial score (nSPS) is 14.4. The Morgan fingerprint density at radius 2 is 1.88 bits per heavy atom. The van der Waals surface area contributed by atoms with E-state index in [1.807, 2.05) is 26.0 Å². The summed E-state index contributed by atoms with van der Waals surface area (Å²) in [6.45, 7) is 4.06. The molecule has 7 nitrogen and oxygen atoms in total. The second-order valence-corrected chi connectivity index (χ2v) is 8.20. The van der Waals surface area contributed by atoms with E-state index in [2.05, 4.69) is 20.6 Å². The van der Waals surface area contributed by atoms with E-state index in [-0.39, 0.29) is 17.9 Å². The second-order valence-electron chi connectivity index (χ2n) is 7.77. The Bertz CT molecular complexity index is 1290. The van der Waals surface area contributed by atoms with Crippen molar-refractivity contribution >= 4 is 35.4 Å². The van der Waals surface area contributed by atoms with Crippen molar-refractivity contribution in [3.63, 3.8) is 0 Å². The van der Waals surface area contributed by atoms with Crippen LogP contribution in [0.5, 0.6) is 11.5 Å². The molecule has 0 fully saturated rings. The highest BCUT2D eigenvalue weighted by Gasteiger charge is 2.19. The minimum atomic E-state index is -0.259. The van der Waals surface area contributed by atoms with Gasteiger partial charge in [0.05, 0.1) is 6.04 Å². The van der Waals surface area contributed by atoms with Crippen LogP contribution in [0.1, 0.15) is 28.4 Å². The molecule has 1 aliphatic heterocycles. The topological polar surface area (TPSA) is 92.7 Å². The molecule has 2 aromatic carbocycles. The number of aromatic nitrogens is 1. The molecule has 34 heavy (non-hydrogen) atoms. The van der Waals surface area contributed by atoms with Crippen LogP contribution in [0.15, 0.2) is 77.4 Å². The Kier molecular flexibility index (Phi) is 7.04. The molecule has 1 atom stereocenters. The van der Waals surface area contributed by atoms with Crippen molar-refractivity contribution in [1.29, 1.82) is 0 Å². The van der Waals surface area contributed by atoms with Crippen LogP contribution in [0, 0.1) is 6.92 Å². The van der Waals surface area contributed by atoms with Gasteiger partial charge in [-0.3, -0.25) is 14.6 Å². The molecule has 2 heterocycles. The summed E-state index contributed by atoms with van der Waals surface area (Å²) in [5, 5.41) is 6.33. The first-order valence-corrected chi connectivity index (χ1v) is 11.1. The van der Waals surface area contributed by atoms with E-state index in [9.17, 15) is 9.59 Å². The number of ether oxygens (including phenoxy) is 1. The minimum Gasteiger partial charge on any atom is -0.457 e. The molecule has 2 amide bonds. The molecule has 1 unspecified atom stereocenters. The Labute approximate surface area is 202 Å². The lowest BCUT2D eigenvalue weighted by Gasteiger charge is -2.14. The van der Waals surface area contributed by atoms with Crippen molar-refractivity contribution in [1.82, 2.24) is 10.3 Å². The lowest BCUT2D eigenvalue weighted by Crippen LogP contribution is -2.23.